The number of benzene rings is 2. The van der Waals surface area contributed by atoms with Crippen LogP contribution in [0.1, 0.15) is 46.4 Å². The number of carboxylic acids is 1. The fourth-order valence-electron chi connectivity index (χ4n) is 3.16. The summed E-state index contributed by atoms with van der Waals surface area (Å²) in [6.07, 6.45) is 3.63. The lowest BCUT2D eigenvalue weighted by molar-refractivity contribution is 0.0696. The Morgan fingerprint density at radius 3 is 2.17 bits per heavy atom. The number of amides is 1. The molecular weight excluding hydrogens is 416 g/mol. The van der Waals surface area contributed by atoms with Crippen LogP contribution in [0.25, 0.3) is 0 Å². The second-order valence-electron chi connectivity index (χ2n) is 6.80. The largest absolute Gasteiger partial charge is 0.478 e. The summed E-state index contributed by atoms with van der Waals surface area (Å²) in [6, 6.07) is 9.71. The second kappa shape index (κ2) is 8.94. The van der Waals surface area contributed by atoms with Gasteiger partial charge in [0.15, 0.2) is 0 Å². The van der Waals surface area contributed by atoms with Gasteiger partial charge in [0.05, 0.1) is 21.0 Å². The number of nitrogens with one attached hydrogen (secondary N) is 1. The Kier molecular flexibility index (Phi) is 6.56. The van der Waals surface area contributed by atoms with Crippen LogP contribution in [0.5, 0.6) is 0 Å². The average Bonchev–Trinajstić information content (AvgIpc) is 2.98. The van der Waals surface area contributed by atoms with Gasteiger partial charge in [-0.15, -0.1) is 0 Å². The first-order chi connectivity index (χ1) is 13.8. The van der Waals surface area contributed by atoms with E-state index in [9.17, 15) is 18.0 Å². The molecule has 1 aliphatic rings. The third kappa shape index (κ3) is 4.95. The summed E-state index contributed by atoms with van der Waals surface area (Å²) in [7, 11) is -3.72. The topological polar surface area (TPSA) is 104 Å². The zero-order valence-electron chi connectivity index (χ0n) is 15.6. The van der Waals surface area contributed by atoms with E-state index < -0.39 is 21.9 Å². The van der Waals surface area contributed by atoms with E-state index in [1.165, 1.54) is 46.8 Å². The minimum Gasteiger partial charge on any atom is -0.478 e. The summed E-state index contributed by atoms with van der Waals surface area (Å²) in [4.78, 5) is 23.6. The molecule has 2 N–H and O–H groups in total. The first-order valence-corrected chi connectivity index (χ1v) is 11.1. The molecule has 0 bridgehead atoms. The predicted octanol–water partition coefficient (Wildman–Crippen LogP) is 3.86. The van der Waals surface area contributed by atoms with Crippen molar-refractivity contribution < 1.29 is 23.1 Å². The number of carbonyl (C=O) groups excluding carboxylic acids is 1. The number of sulfonamides is 1. The van der Waals surface area contributed by atoms with Gasteiger partial charge in [-0.2, -0.15) is 4.31 Å². The highest BCUT2D eigenvalue weighted by Crippen LogP contribution is 2.25. The van der Waals surface area contributed by atoms with Gasteiger partial charge in [-0.05, 0) is 55.3 Å². The Morgan fingerprint density at radius 2 is 1.59 bits per heavy atom. The van der Waals surface area contributed by atoms with Crippen LogP contribution in [0.2, 0.25) is 5.02 Å². The van der Waals surface area contributed by atoms with Gasteiger partial charge in [0, 0.05) is 18.8 Å². The van der Waals surface area contributed by atoms with Crippen molar-refractivity contribution in [3.63, 3.8) is 0 Å². The second-order valence-corrected chi connectivity index (χ2v) is 9.14. The van der Waals surface area contributed by atoms with Gasteiger partial charge >= 0.3 is 5.97 Å². The molecule has 0 saturated carbocycles. The summed E-state index contributed by atoms with van der Waals surface area (Å²) in [5.74, 6) is -1.65. The van der Waals surface area contributed by atoms with Gasteiger partial charge in [-0.3, -0.25) is 4.79 Å². The number of nitrogens with zero attached hydrogens (tertiary/aromatic N) is 1. The molecule has 2 aromatic rings. The molecule has 0 atom stereocenters. The predicted molar refractivity (Wildman–Crippen MR) is 110 cm³/mol. The molecule has 1 aliphatic heterocycles. The summed E-state index contributed by atoms with van der Waals surface area (Å²) in [5.41, 5.74) is 0.494. The molecule has 0 aromatic heterocycles. The molecule has 1 saturated heterocycles. The van der Waals surface area contributed by atoms with Crippen LogP contribution in [0.3, 0.4) is 0 Å². The van der Waals surface area contributed by atoms with E-state index in [1.54, 1.807) is 0 Å². The van der Waals surface area contributed by atoms with Crippen molar-refractivity contribution >= 4 is 39.2 Å². The van der Waals surface area contributed by atoms with E-state index in [1.807, 2.05) is 0 Å². The lowest BCUT2D eigenvalue weighted by Crippen LogP contribution is -2.32. The smallest absolute Gasteiger partial charge is 0.335 e. The Bertz CT molecular complexity index is 1010. The normalized spacial score (nSPS) is 15.5. The third-order valence-corrected chi connectivity index (χ3v) is 7.00. The van der Waals surface area contributed by atoms with Crippen LogP contribution in [0, 0.1) is 0 Å². The Balaban J connectivity index is 1.84. The number of anilines is 1. The standard InChI is InChI=1S/C20H21ClN2O5S/c21-18-10-9-16(29(27,28)23-11-3-1-2-4-12-23)13-17(18)19(24)22-15-7-5-14(6-8-15)20(25)26/h5-10,13H,1-4,11-12H2,(H,22,24)(H,25,26). The molecule has 154 valence electrons. The number of hydrogen-bond donors (Lipinski definition) is 2. The lowest BCUT2D eigenvalue weighted by atomic mass is 10.2. The highest BCUT2D eigenvalue weighted by molar-refractivity contribution is 7.89. The molecule has 0 spiro atoms. The van der Waals surface area contributed by atoms with Crippen molar-refractivity contribution in [2.24, 2.45) is 0 Å². The van der Waals surface area contributed by atoms with Crippen LogP contribution in [-0.4, -0.2) is 42.8 Å². The zero-order chi connectivity index (χ0) is 21.0. The molecule has 1 heterocycles. The fourth-order valence-corrected chi connectivity index (χ4v) is 4.91. The molecule has 0 unspecified atom stereocenters. The molecule has 1 amide bonds. The Hall–Kier alpha value is -2.42. The molecule has 2 aromatic carbocycles. The van der Waals surface area contributed by atoms with Crippen molar-refractivity contribution in [2.45, 2.75) is 30.6 Å². The van der Waals surface area contributed by atoms with Crippen molar-refractivity contribution in [1.82, 2.24) is 4.31 Å². The summed E-state index contributed by atoms with van der Waals surface area (Å²) in [5, 5.41) is 11.7. The number of halogens is 1. The summed E-state index contributed by atoms with van der Waals surface area (Å²) < 4.78 is 27.4. The molecule has 0 aliphatic carbocycles. The summed E-state index contributed by atoms with van der Waals surface area (Å²) in [6.45, 7) is 0.921. The maximum atomic E-state index is 13.0. The molecule has 7 nitrogen and oxygen atoms in total. The fraction of sp³-hybridized carbons (Fsp3) is 0.300. The molecule has 0 radical (unpaired) electrons. The number of hydrogen-bond acceptors (Lipinski definition) is 4. The molecule has 1 fully saturated rings. The maximum Gasteiger partial charge on any atom is 0.335 e. The average molecular weight is 437 g/mol. The lowest BCUT2D eigenvalue weighted by Gasteiger charge is -2.20. The van der Waals surface area contributed by atoms with Crippen molar-refractivity contribution in [3.05, 3.63) is 58.6 Å². The molecule has 29 heavy (non-hydrogen) atoms. The minimum atomic E-state index is -3.72. The number of rotatable bonds is 5. The first-order valence-electron chi connectivity index (χ1n) is 9.23. The maximum absolute atomic E-state index is 13.0. The van der Waals surface area contributed by atoms with E-state index in [-0.39, 0.29) is 21.0 Å². The number of carboxylic acid groups (broad SMARTS) is 1. The van der Waals surface area contributed by atoms with Crippen LogP contribution in [0.15, 0.2) is 47.4 Å². The Labute approximate surface area is 174 Å². The van der Waals surface area contributed by atoms with Gasteiger partial charge in [0.2, 0.25) is 10.0 Å². The van der Waals surface area contributed by atoms with E-state index >= 15 is 0 Å². The quantitative estimate of drug-likeness (QED) is 0.740. The van der Waals surface area contributed by atoms with Crippen LogP contribution < -0.4 is 5.32 Å². The first kappa shape index (κ1) is 21.3. The minimum absolute atomic E-state index is 0.0233. The van der Waals surface area contributed by atoms with E-state index in [4.69, 9.17) is 16.7 Å². The summed E-state index contributed by atoms with van der Waals surface area (Å²) >= 11 is 6.14. The van der Waals surface area contributed by atoms with Crippen LogP contribution in [-0.2, 0) is 10.0 Å². The highest BCUT2D eigenvalue weighted by atomic mass is 35.5. The van der Waals surface area contributed by atoms with Crippen LogP contribution >= 0.6 is 11.6 Å². The van der Waals surface area contributed by atoms with Crippen molar-refractivity contribution in [2.75, 3.05) is 18.4 Å². The Morgan fingerprint density at radius 1 is 0.966 bits per heavy atom. The third-order valence-electron chi connectivity index (χ3n) is 4.77. The SMILES string of the molecule is O=C(O)c1ccc(NC(=O)c2cc(S(=O)(=O)N3CCCCCC3)ccc2Cl)cc1. The monoisotopic (exact) mass is 436 g/mol. The molecule has 9 heteroatoms. The van der Waals surface area contributed by atoms with Gasteiger partial charge < -0.3 is 10.4 Å². The van der Waals surface area contributed by atoms with Gasteiger partial charge in [-0.25, -0.2) is 13.2 Å². The zero-order valence-corrected chi connectivity index (χ0v) is 17.2. The number of aromatic carboxylic acids is 1. The van der Waals surface area contributed by atoms with E-state index in [0.717, 1.165) is 25.7 Å². The van der Waals surface area contributed by atoms with Crippen molar-refractivity contribution in [1.29, 1.82) is 0 Å². The number of carbonyl (C=O) groups is 2. The molecular formula is C20H21ClN2O5S. The van der Waals surface area contributed by atoms with Gasteiger partial charge in [0.1, 0.15) is 0 Å². The van der Waals surface area contributed by atoms with Gasteiger partial charge in [0.25, 0.3) is 5.91 Å². The molecule has 3 rings (SSSR count). The van der Waals surface area contributed by atoms with Crippen LogP contribution in [0.4, 0.5) is 5.69 Å². The van der Waals surface area contributed by atoms with Crippen molar-refractivity contribution in [3.8, 4) is 0 Å². The van der Waals surface area contributed by atoms with Gasteiger partial charge in [-0.1, -0.05) is 24.4 Å². The highest BCUT2D eigenvalue weighted by Gasteiger charge is 2.26. The van der Waals surface area contributed by atoms with E-state index in [0.29, 0.717) is 18.8 Å². The van der Waals surface area contributed by atoms with E-state index in [2.05, 4.69) is 5.32 Å².